The van der Waals surface area contributed by atoms with Crippen LogP contribution in [0.5, 0.6) is 0 Å². The van der Waals surface area contributed by atoms with E-state index in [1.54, 1.807) is 28.9 Å². The first kappa shape index (κ1) is 20.1. The maximum absolute atomic E-state index is 12.8. The van der Waals surface area contributed by atoms with E-state index in [0.717, 1.165) is 17.7 Å². The van der Waals surface area contributed by atoms with Crippen molar-refractivity contribution >= 4 is 34.8 Å². The highest BCUT2D eigenvalue weighted by atomic mass is 35.5. The summed E-state index contributed by atoms with van der Waals surface area (Å²) in [5.41, 5.74) is 3.41. The van der Waals surface area contributed by atoms with E-state index in [0.29, 0.717) is 21.6 Å². The van der Waals surface area contributed by atoms with Crippen molar-refractivity contribution in [2.75, 3.05) is 5.32 Å². The lowest BCUT2D eigenvalue weighted by molar-refractivity contribution is 0.101. The molecule has 4 aromatic rings. The van der Waals surface area contributed by atoms with Crippen LogP contribution < -0.4 is 5.32 Å². The quantitative estimate of drug-likeness (QED) is 0.413. The minimum Gasteiger partial charge on any atom is -0.319 e. The molecule has 3 aromatic carbocycles. The summed E-state index contributed by atoms with van der Waals surface area (Å²) in [5, 5.41) is 8.53. The third kappa shape index (κ3) is 4.37. The summed E-state index contributed by atoms with van der Waals surface area (Å²) in [6, 6.07) is 22.1. The molecule has 1 N–H and O–H groups in total. The molecule has 1 amide bonds. The highest BCUT2D eigenvalue weighted by molar-refractivity contribution is 6.30. The molecule has 0 radical (unpaired) electrons. The number of carbonyl (C=O) groups is 1. The van der Waals surface area contributed by atoms with Crippen LogP contribution in [0.4, 0.5) is 5.69 Å². The first-order valence-electron chi connectivity index (χ1n) is 9.42. The molecule has 5 nitrogen and oxygen atoms in total. The molecule has 4 rings (SSSR count). The minimum absolute atomic E-state index is 0.0643. The van der Waals surface area contributed by atoms with Crippen molar-refractivity contribution in [3.8, 4) is 17.1 Å². The van der Waals surface area contributed by atoms with Gasteiger partial charge in [-0.15, -0.1) is 5.10 Å². The number of aryl methyl sites for hydroxylation is 1. The van der Waals surface area contributed by atoms with Crippen LogP contribution in [-0.2, 0) is 6.42 Å². The van der Waals surface area contributed by atoms with Crippen molar-refractivity contribution in [2.24, 2.45) is 0 Å². The zero-order valence-corrected chi connectivity index (χ0v) is 17.7. The van der Waals surface area contributed by atoms with Crippen molar-refractivity contribution in [3.05, 3.63) is 94.2 Å². The number of anilines is 1. The molecule has 0 atom stereocenters. The molecule has 30 heavy (non-hydrogen) atoms. The number of halogens is 2. The summed E-state index contributed by atoms with van der Waals surface area (Å²) >= 11 is 12.0. The van der Waals surface area contributed by atoms with Gasteiger partial charge in [0.05, 0.1) is 5.69 Å². The molecule has 7 heteroatoms. The third-order valence-corrected chi connectivity index (χ3v) is 5.11. The van der Waals surface area contributed by atoms with E-state index in [9.17, 15) is 4.79 Å². The normalized spacial score (nSPS) is 10.8. The molecule has 0 aliphatic heterocycles. The van der Waals surface area contributed by atoms with Gasteiger partial charge in [-0.1, -0.05) is 42.3 Å². The van der Waals surface area contributed by atoms with E-state index in [1.807, 2.05) is 48.5 Å². The van der Waals surface area contributed by atoms with Gasteiger partial charge in [-0.05, 0) is 72.6 Å². The molecule has 0 aliphatic carbocycles. The third-order valence-electron chi connectivity index (χ3n) is 4.60. The number of aromatic nitrogens is 3. The number of nitrogens with one attached hydrogen (secondary N) is 1. The number of hydrogen-bond acceptors (Lipinski definition) is 3. The van der Waals surface area contributed by atoms with E-state index in [1.165, 1.54) is 5.56 Å². The van der Waals surface area contributed by atoms with Gasteiger partial charge in [0.1, 0.15) is 0 Å². The Labute approximate surface area is 184 Å². The van der Waals surface area contributed by atoms with Crippen LogP contribution in [0.15, 0.2) is 72.8 Å². The Morgan fingerprint density at radius 3 is 2.10 bits per heavy atom. The predicted octanol–water partition coefficient (Wildman–Crippen LogP) is 6.06. The first-order chi connectivity index (χ1) is 14.5. The summed E-state index contributed by atoms with van der Waals surface area (Å²) in [5.74, 6) is 0.206. The first-order valence-corrected chi connectivity index (χ1v) is 10.2. The van der Waals surface area contributed by atoms with Crippen molar-refractivity contribution in [1.82, 2.24) is 14.8 Å². The molecule has 0 fully saturated rings. The van der Waals surface area contributed by atoms with E-state index in [2.05, 4.69) is 22.3 Å². The van der Waals surface area contributed by atoms with Gasteiger partial charge >= 0.3 is 0 Å². The lowest BCUT2D eigenvalue weighted by Gasteiger charge is -2.06. The summed E-state index contributed by atoms with van der Waals surface area (Å²) in [6.45, 7) is 2.08. The molecule has 1 aromatic heterocycles. The maximum Gasteiger partial charge on any atom is 0.295 e. The molecular formula is C23H18Cl2N4O. The summed E-state index contributed by atoms with van der Waals surface area (Å²) in [6.07, 6.45) is 0.936. The minimum atomic E-state index is -0.387. The Bertz CT molecular complexity index is 1100. The SMILES string of the molecule is CCc1ccc(NC(=O)c2nc(-c3ccc(Cl)cc3)n(-c3ccc(Cl)cc3)n2)cc1. The number of benzene rings is 3. The smallest absolute Gasteiger partial charge is 0.295 e. The van der Waals surface area contributed by atoms with Crippen LogP contribution in [0.2, 0.25) is 10.0 Å². The molecular weight excluding hydrogens is 419 g/mol. The Hall–Kier alpha value is -3.15. The van der Waals surface area contributed by atoms with Crippen LogP contribution in [0.3, 0.4) is 0 Å². The van der Waals surface area contributed by atoms with Gasteiger partial charge in [0, 0.05) is 21.3 Å². The molecule has 0 unspecified atom stereocenters. The molecule has 0 spiro atoms. The monoisotopic (exact) mass is 436 g/mol. The van der Waals surface area contributed by atoms with Gasteiger partial charge in [0.25, 0.3) is 5.91 Å². The van der Waals surface area contributed by atoms with E-state index in [-0.39, 0.29) is 11.7 Å². The van der Waals surface area contributed by atoms with Crippen LogP contribution in [0.25, 0.3) is 17.1 Å². The fourth-order valence-electron chi connectivity index (χ4n) is 2.97. The fourth-order valence-corrected chi connectivity index (χ4v) is 3.22. The summed E-state index contributed by atoms with van der Waals surface area (Å²) < 4.78 is 1.62. The van der Waals surface area contributed by atoms with Crippen LogP contribution in [0, 0.1) is 0 Å². The zero-order chi connectivity index (χ0) is 21.1. The van der Waals surface area contributed by atoms with Crippen molar-refractivity contribution < 1.29 is 4.79 Å². The van der Waals surface area contributed by atoms with Crippen molar-refractivity contribution in [1.29, 1.82) is 0 Å². The van der Waals surface area contributed by atoms with Gasteiger partial charge in [0.2, 0.25) is 5.82 Å². The van der Waals surface area contributed by atoms with Gasteiger partial charge in [-0.3, -0.25) is 4.79 Å². The standard InChI is InChI=1S/C23H18Cl2N4O/c1-2-15-3-11-19(12-4-15)26-23(30)21-27-22(16-5-7-17(24)8-6-16)29(28-21)20-13-9-18(25)10-14-20/h3-14H,2H2,1H3,(H,26,30). The molecule has 1 heterocycles. The number of hydrogen-bond donors (Lipinski definition) is 1. The molecule has 0 saturated heterocycles. The number of rotatable bonds is 5. The fraction of sp³-hybridized carbons (Fsp3) is 0.0870. The largest absolute Gasteiger partial charge is 0.319 e. The van der Waals surface area contributed by atoms with Gasteiger partial charge in [-0.2, -0.15) is 0 Å². The zero-order valence-electron chi connectivity index (χ0n) is 16.1. The summed E-state index contributed by atoms with van der Waals surface area (Å²) in [4.78, 5) is 17.3. The Morgan fingerprint density at radius 1 is 0.900 bits per heavy atom. The number of carbonyl (C=O) groups excluding carboxylic acids is 1. The number of amides is 1. The van der Waals surface area contributed by atoms with Crippen LogP contribution in [0.1, 0.15) is 23.1 Å². The lowest BCUT2D eigenvalue weighted by Crippen LogP contribution is -2.14. The second-order valence-corrected chi connectivity index (χ2v) is 7.53. The predicted molar refractivity (Wildman–Crippen MR) is 121 cm³/mol. The van der Waals surface area contributed by atoms with E-state index in [4.69, 9.17) is 23.2 Å². The topological polar surface area (TPSA) is 59.8 Å². The second kappa shape index (κ2) is 8.69. The van der Waals surface area contributed by atoms with Gasteiger partial charge < -0.3 is 5.32 Å². The average Bonchev–Trinajstić information content (AvgIpc) is 3.21. The lowest BCUT2D eigenvalue weighted by atomic mass is 10.1. The molecule has 0 saturated carbocycles. The van der Waals surface area contributed by atoms with E-state index >= 15 is 0 Å². The Balaban J connectivity index is 1.71. The van der Waals surface area contributed by atoms with Gasteiger partial charge in [0.15, 0.2) is 5.82 Å². The summed E-state index contributed by atoms with van der Waals surface area (Å²) in [7, 11) is 0. The average molecular weight is 437 g/mol. The Kier molecular flexibility index (Phi) is 5.84. The Morgan fingerprint density at radius 2 is 1.50 bits per heavy atom. The highest BCUT2D eigenvalue weighted by Gasteiger charge is 2.19. The van der Waals surface area contributed by atoms with Crippen molar-refractivity contribution in [2.45, 2.75) is 13.3 Å². The second-order valence-electron chi connectivity index (χ2n) is 6.66. The molecule has 0 bridgehead atoms. The molecule has 150 valence electrons. The molecule has 0 aliphatic rings. The van der Waals surface area contributed by atoms with Crippen LogP contribution in [-0.4, -0.2) is 20.7 Å². The van der Waals surface area contributed by atoms with E-state index < -0.39 is 0 Å². The maximum atomic E-state index is 12.8. The van der Waals surface area contributed by atoms with Crippen LogP contribution >= 0.6 is 23.2 Å². The van der Waals surface area contributed by atoms with Gasteiger partial charge in [-0.25, -0.2) is 9.67 Å². The highest BCUT2D eigenvalue weighted by Crippen LogP contribution is 2.24. The van der Waals surface area contributed by atoms with Crippen molar-refractivity contribution in [3.63, 3.8) is 0 Å². The number of nitrogens with zero attached hydrogens (tertiary/aromatic N) is 3.